The third-order valence-electron chi connectivity index (χ3n) is 3.43. The Bertz CT molecular complexity index is 745. The molecular formula is C15H14N2O2S. The summed E-state index contributed by atoms with van der Waals surface area (Å²) in [5.41, 5.74) is 2.11. The maximum Gasteiger partial charge on any atom is 0.293 e. The second-order valence-electron chi connectivity index (χ2n) is 4.63. The molecule has 2 heterocycles. The molecular weight excluding hydrogens is 272 g/mol. The van der Waals surface area contributed by atoms with Crippen LogP contribution < -0.4 is 0 Å². The Hall–Kier alpha value is -2.01. The number of fused-ring (bicyclic) bond motifs is 1. The van der Waals surface area contributed by atoms with Gasteiger partial charge in [0, 0.05) is 36.3 Å². The number of benzene rings is 1. The average Bonchev–Trinajstić information content (AvgIpc) is 2.93. The summed E-state index contributed by atoms with van der Waals surface area (Å²) in [6.45, 7) is 2.94. The topological polar surface area (TPSA) is 42.3 Å². The molecule has 0 saturated carbocycles. The third-order valence-corrected chi connectivity index (χ3v) is 4.39. The van der Waals surface area contributed by atoms with Crippen LogP contribution >= 0.6 is 11.8 Å². The van der Waals surface area contributed by atoms with E-state index in [-0.39, 0.29) is 11.1 Å². The maximum absolute atomic E-state index is 11.9. The number of hydrogen-bond donors (Lipinski definition) is 0. The number of imide groups is 1. The monoisotopic (exact) mass is 286 g/mol. The fraction of sp³-hybridized carbons (Fsp3) is 0.200. The molecule has 0 atom stereocenters. The van der Waals surface area contributed by atoms with Gasteiger partial charge in [-0.25, -0.2) is 0 Å². The van der Waals surface area contributed by atoms with Crippen LogP contribution in [0.4, 0.5) is 4.79 Å². The van der Waals surface area contributed by atoms with Crippen LogP contribution in [-0.2, 0) is 11.3 Å². The summed E-state index contributed by atoms with van der Waals surface area (Å²) in [6.07, 6.45) is 3.83. The van der Waals surface area contributed by atoms with Gasteiger partial charge in [-0.3, -0.25) is 14.5 Å². The molecule has 0 aliphatic carbocycles. The van der Waals surface area contributed by atoms with Gasteiger partial charge in [0.25, 0.3) is 11.1 Å². The van der Waals surface area contributed by atoms with Crippen molar-refractivity contribution in [3.8, 4) is 0 Å². The Kier molecular flexibility index (Phi) is 3.14. The first-order valence-corrected chi connectivity index (χ1v) is 7.23. The zero-order valence-corrected chi connectivity index (χ0v) is 12.1. The van der Waals surface area contributed by atoms with Crippen molar-refractivity contribution in [1.29, 1.82) is 0 Å². The first-order chi connectivity index (χ1) is 9.61. The molecule has 102 valence electrons. The maximum atomic E-state index is 11.9. The van der Waals surface area contributed by atoms with Crippen LogP contribution in [0.3, 0.4) is 0 Å². The highest BCUT2D eigenvalue weighted by Crippen LogP contribution is 2.33. The molecule has 1 aromatic heterocycles. The summed E-state index contributed by atoms with van der Waals surface area (Å²) in [7, 11) is 1.51. The fourth-order valence-electron chi connectivity index (χ4n) is 2.34. The van der Waals surface area contributed by atoms with Crippen LogP contribution in [0.1, 0.15) is 12.5 Å². The predicted octanol–water partition coefficient (Wildman–Crippen LogP) is 3.33. The normalized spacial score (nSPS) is 17.7. The highest BCUT2D eigenvalue weighted by Gasteiger charge is 2.31. The summed E-state index contributed by atoms with van der Waals surface area (Å²) in [5.74, 6) is -0.228. The molecule has 0 radical (unpaired) electrons. The van der Waals surface area contributed by atoms with Crippen molar-refractivity contribution in [2.45, 2.75) is 13.5 Å². The molecule has 20 heavy (non-hydrogen) atoms. The van der Waals surface area contributed by atoms with Crippen LogP contribution in [0.5, 0.6) is 0 Å². The second kappa shape index (κ2) is 4.83. The van der Waals surface area contributed by atoms with E-state index in [4.69, 9.17) is 0 Å². The minimum absolute atomic E-state index is 0.222. The molecule has 5 heteroatoms. The summed E-state index contributed by atoms with van der Waals surface area (Å²) >= 11 is 0.991. The number of hydrogen-bond acceptors (Lipinski definition) is 3. The van der Waals surface area contributed by atoms with E-state index in [9.17, 15) is 9.59 Å². The molecule has 0 bridgehead atoms. The van der Waals surface area contributed by atoms with E-state index in [1.165, 1.54) is 7.05 Å². The van der Waals surface area contributed by atoms with E-state index in [0.717, 1.165) is 39.7 Å². The minimum atomic E-state index is -0.228. The Morgan fingerprint density at radius 3 is 2.65 bits per heavy atom. The van der Waals surface area contributed by atoms with Gasteiger partial charge in [0.1, 0.15) is 0 Å². The first-order valence-electron chi connectivity index (χ1n) is 6.41. The van der Waals surface area contributed by atoms with E-state index in [1.807, 2.05) is 30.5 Å². The number of carbonyl (C=O) groups is 2. The van der Waals surface area contributed by atoms with E-state index in [1.54, 1.807) is 0 Å². The van der Waals surface area contributed by atoms with E-state index in [0.29, 0.717) is 4.91 Å². The smallest absolute Gasteiger partial charge is 0.293 e. The Balaban J connectivity index is 2.12. The summed E-state index contributed by atoms with van der Waals surface area (Å²) in [5, 5.41) is 0.873. The molecule has 4 nitrogen and oxygen atoms in total. The van der Waals surface area contributed by atoms with Crippen LogP contribution in [0, 0.1) is 0 Å². The number of thioether (sulfide) groups is 1. The van der Waals surface area contributed by atoms with Crippen LogP contribution in [0.15, 0.2) is 35.4 Å². The van der Waals surface area contributed by atoms with Crippen molar-refractivity contribution in [2.75, 3.05) is 7.05 Å². The van der Waals surface area contributed by atoms with E-state index >= 15 is 0 Å². The molecule has 2 aromatic rings. The second-order valence-corrected chi connectivity index (χ2v) is 5.62. The molecule has 0 N–H and O–H groups in total. The Labute approximate surface area is 121 Å². The van der Waals surface area contributed by atoms with Gasteiger partial charge in [0.05, 0.1) is 4.91 Å². The van der Waals surface area contributed by atoms with Crippen LogP contribution in [-0.4, -0.2) is 27.7 Å². The quantitative estimate of drug-likeness (QED) is 0.795. The number of carbonyl (C=O) groups excluding carboxylic acids is 2. The Morgan fingerprint density at radius 1 is 1.25 bits per heavy atom. The lowest BCUT2D eigenvalue weighted by molar-refractivity contribution is -0.121. The van der Waals surface area contributed by atoms with Gasteiger partial charge < -0.3 is 4.57 Å². The van der Waals surface area contributed by atoms with Crippen molar-refractivity contribution in [3.05, 3.63) is 40.9 Å². The standard InChI is InChI=1S/C15H14N2O2S/c1-3-17-9-10(11-6-4-5-7-12(11)17)8-13-14(18)16(2)15(19)20-13/h4-9H,3H2,1-2H3/b13-8+. The molecule has 1 fully saturated rings. The number of nitrogens with zero attached hydrogens (tertiary/aromatic N) is 2. The molecule has 2 amide bonds. The van der Waals surface area contributed by atoms with Crippen LogP contribution in [0.25, 0.3) is 17.0 Å². The lowest BCUT2D eigenvalue weighted by Crippen LogP contribution is -2.22. The predicted molar refractivity (Wildman–Crippen MR) is 81.3 cm³/mol. The SMILES string of the molecule is CCn1cc(/C=C2/SC(=O)N(C)C2=O)c2ccccc21. The summed E-state index contributed by atoms with van der Waals surface area (Å²) in [4.78, 5) is 25.1. The zero-order chi connectivity index (χ0) is 14.3. The van der Waals surface area contributed by atoms with Crippen molar-refractivity contribution >= 4 is 39.9 Å². The molecule has 1 saturated heterocycles. The summed E-state index contributed by atoms with van der Waals surface area (Å²) < 4.78 is 2.14. The summed E-state index contributed by atoms with van der Waals surface area (Å²) in [6, 6.07) is 8.06. The molecule has 0 spiro atoms. The van der Waals surface area contributed by atoms with Gasteiger partial charge in [-0.2, -0.15) is 0 Å². The molecule has 1 aliphatic heterocycles. The van der Waals surface area contributed by atoms with Crippen molar-refractivity contribution in [3.63, 3.8) is 0 Å². The van der Waals surface area contributed by atoms with Gasteiger partial charge >= 0.3 is 0 Å². The lowest BCUT2D eigenvalue weighted by atomic mass is 10.1. The number of aryl methyl sites for hydroxylation is 1. The number of rotatable bonds is 2. The highest BCUT2D eigenvalue weighted by molar-refractivity contribution is 8.18. The van der Waals surface area contributed by atoms with Crippen molar-refractivity contribution in [2.24, 2.45) is 0 Å². The molecule has 0 unspecified atom stereocenters. The van der Waals surface area contributed by atoms with Gasteiger partial charge in [0.2, 0.25) is 0 Å². The van der Waals surface area contributed by atoms with Gasteiger partial charge in [-0.1, -0.05) is 18.2 Å². The van der Waals surface area contributed by atoms with Crippen molar-refractivity contribution in [1.82, 2.24) is 9.47 Å². The van der Waals surface area contributed by atoms with E-state index in [2.05, 4.69) is 17.6 Å². The van der Waals surface area contributed by atoms with Gasteiger partial charge in [-0.15, -0.1) is 0 Å². The van der Waals surface area contributed by atoms with Gasteiger partial charge in [-0.05, 0) is 30.8 Å². The molecule has 1 aliphatic rings. The minimum Gasteiger partial charge on any atom is -0.347 e. The highest BCUT2D eigenvalue weighted by atomic mass is 32.2. The number of amides is 2. The van der Waals surface area contributed by atoms with Crippen molar-refractivity contribution < 1.29 is 9.59 Å². The number of likely N-dealkylation sites (N-methyl/N-ethyl adjacent to an activating group) is 1. The fourth-order valence-corrected chi connectivity index (χ4v) is 3.16. The number of para-hydroxylation sites is 1. The van der Waals surface area contributed by atoms with Gasteiger partial charge in [0.15, 0.2) is 0 Å². The number of aromatic nitrogens is 1. The molecule has 3 rings (SSSR count). The average molecular weight is 286 g/mol. The third kappa shape index (κ3) is 1.94. The molecule has 1 aromatic carbocycles. The van der Waals surface area contributed by atoms with E-state index < -0.39 is 0 Å². The Morgan fingerprint density at radius 2 is 2.00 bits per heavy atom. The van der Waals surface area contributed by atoms with Crippen LogP contribution in [0.2, 0.25) is 0 Å². The largest absolute Gasteiger partial charge is 0.347 e. The zero-order valence-electron chi connectivity index (χ0n) is 11.3. The first kappa shape index (κ1) is 13.0. The lowest BCUT2D eigenvalue weighted by Gasteiger charge is -2.00.